The van der Waals surface area contributed by atoms with E-state index in [-0.39, 0.29) is 18.4 Å². The van der Waals surface area contributed by atoms with Gasteiger partial charge in [-0.15, -0.1) is 0 Å². The molecule has 0 fully saturated rings. The minimum absolute atomic E-state index is 0.0198. The molecule has 4 N–H and O–H groups in total. The molecule has 0 aliphatic rings. The van der Waals surface area contributed by atoms with Crippen LogP contribution in [0.1, 0.15) is 31.1 Å². The molecule has 0 bridgehead atoms. The predicted octanol–water partition coefficient (Wildman–Crippen LogP) is 1.41. The molecule has 0 heterocycles. The molecule has 5 heteroatoms. The summed E-state index contributed by atoms with van der Waals surface area (Å²) in [6.07, 6.45) is 0. The molecule has 0 aliphatic heterocycles. The largest absolute Gasteiger partial charge is 0.399 e. The van der Waals surface area contributed by atoms with Crippen LogP contribution in [0.25, 0.3) is 0 Å². The Labute approximate surface area is 119 Å². The van der Waals surface area contributed by atoms with Crippen molar-refractivity contribution >= 4 is 17.5 Å². The van der Waals surface area contributed by atoms with E-state index in [9.17, 15) is 9.59 Å². The first-order valence-corrected chi connectivity index (χ1v) is 6.80. The number of nitrogens with two attached hydrogens (primary N) is 1. The normalized spacial score (nSPS) is 12.0. The van der Waals surface area contributed by atoms with Crippen molar-refractivity contribution in [2.24, 2.45) is 11.8 Å². The Morgan fingerprint density at radius 2 is 1.70 bits per heavy atom. The van der Waals surface area contributed by atoms with E-state index in [2.05, 4.69) is 31.4 Å². The van der Waals surface area contributed by atoms with Crippen LogP contribution < -0.4 is 16.4 Å². The minimum atomic E-state index is -0.281. The minimum Gasteiger partial charge on any atom is -0.399 e. The number of nitrogens with one attached hydrogen (secondary N) is 2. The van der Waals surface area contributed by atoms with Crippen molar-refractivity contribution in [3.8, 4) is 0 Å². The number of anilines is 1. The SMILES string of the molecule is CC(C)C(C)CNC(=O)CNC(=O)c1ccc(N)cc1. The Hall–Kier alpha value is -2.04. The molecular formula is C15H23N3O2. The molecule has 20 heavy (non-hydrogen) atoms. The van der Waals surface area contributed by atoms with Gasteiger partial charge in [-0.05, 0) is 36.1 Å². The van der Waals surface area contributed by atoms with Crippen molar-refractivity contribution in [2.45, 2.75) is 20.8 Å². The maximum Gasteiger partial charge on any atom is 0.251 e. The van der Waals surface area contributed by atoms with Crippen LogP contribution in [-0.4, -0.2) is 24.9 Å². The average molecular weight is 277 g/mol. The maximum atomic E-state index is 11.8. The molecule has 2 amide bonds. The average Bonchev–Trinajstić information content (AvgIpc) is 2.42. The predicted molar refractivity (Wildman–Crippen MR) is 80.2 cm³/mol. The Morgan fingerprint density at radius 1 is 1.10 bits per heavy atom. The number of amides is 2. The fourth-order valence-corrected chi connectivity index (χ4v) is 1.47. The van der Waals surface area contributed by atoms with Gasteiger partial charge < -0.3 is 16.4 Å². The lowest BCUT2D eigenvalue weighted by atomic mass is 9.98. The van der Waals surface area contributed by atoms with E-state index in [0.717, 1.165) is 0 Å². The summed E-state index contributed by atoms with van der Waals surface area (Å²) >= 11 is 0. The molecule has 5 nitrogen and oxygen atoms in total. The fraction of sp³-hybridized carbons (Fsp3) is 0.467. The Balaban J connectivity index is 2.34. The van der Waals surface area contributed by atoms with Gasteiger partial charge in [0.25, 0.3) is 5.91 Å². The monoisotopic (exact) mass is 277 g/mol. The van der Waals surface area contributed by atoms with E-state index >= 15 is 0 Å². The quantitative estimate of drug-likeness (QED) is 0.687. The van der Waals surface area contributed by atoms with E-state index in [1.165, 1.54) is 0 Å². The molecule has 1 unspecified atom stereocenters. The van der Waals surface area contributed by atoms with Crippen molar-refractivity contribution < 1.29 is 9.59 Å². The summed E-state index contributed by atoms with van der Waals surface area (Å²) in [4.78, 5) is 23.4. The number of benzene rings is 1. The number of carbonyl (C=O) groups excluding carboxylic acids is 2. The number of hydrogen-bond acceptors (Lipinski definition) is 3. The van der Waals surface area contributed by atoms with Crippen LogP contribution in [0.5, 0.6) is 0 Å². The Morgan fingerprint density at radius 3 is 2.25 bits per heavy atom. The highest BCUT2D eigenvalue weighted by molar-refractivity contribution is 5.96. The van der Waals surface area contributed by atoms with Crippen molar-refractivity contribution in [1.82, 2.24) is 10.6 Å². The van der Waals surface area contributed by atoms with Gasteiger partial charge in [0.15, 0.2) is 0 Å². The molecule has 0 spiro atoms. The van der Waals surface area contributed by atoms with E-state index in [1.807, 2.05) is 0 Å². The highest BCUT2D eigenvalue weighted by atomic mass is 16.2. The van der Waals surface area contributed by atoms with Gasteiger partial charge in [-0.1, -0.05) is 20.8 Å². The third kappa shape index (κ3) is 5.30. The molecule has 1 aromatic rings. The van der Waals surface area contributed by atoms with E-state index in [1.54, 1.807) is 24.3 Å². The van der Waals surface area contributed by atoms with Crippen LogP contribution in [0, 0.1) is 11.8 Å². The van der Waals surface area contributed by atoms with E-state index < -0.39 is 0 Å². The van der Waals surface area contributed by atoms with Gasteiger partial charge in [-0.3, -0.25) is 9.59 Å². The van der Waals surface area contributed by atoms with Gasteiger partial charge in [0, 0.05) is 17.8 Å². The molecular weight excluding hydrogens is 254 g/mol. The smallest absolute Gasteiger partial charge is 0.251 e. The number of hydrogen-bond donors (Lipinski definition) is 3. The molecule has 1 aromatic carbocycles. The molecule has 0 aliphatic carbocycles. The second-order valence-electron chi connectivity index (χ2n) is 5.33. The van der Waals surface area contributed by atoms with Crippen LogP contribution in [0.4, 0.5) is 5.69 Å². The van der Waals surface area contributed by atoms with Gasteiger partial charge >= 0.3 is 0 Å². The van der Waals surface area contributed by atoms with E-state index in [0.29, 0.717) is 29.6 Å². The maximum absolute atomic E-state index is 11.8. The van der Waals surface area contributed by atoms with Crippen LogP contribution in [0.3, 0.4) is 0 Å². The van der Waals surface area contributed by atoms with Crippen molar-refractivity contribution in [3.63, 3.8) is 0 Å². The van der Waals surface area contributed by atoms with Crippen LogP contribution in [0.15, 0.2) is 24.3 Å². The third-order valence-corrected chi connectivity index (χ3v) is 3.34. The van der Waals surface area contributed by atoms with Crippen LogP contribution >= 0.6 is 0 Å². The number of carbonyl (C=O) groups is 2. The molecule has 0 saturated heterocycles. The molecule has 1 atom stereocenters. The van der Waals surface area contributed by atoms with Gasteiger partial charge in [0.1, 0.15) is 0 Å². The molecule has 0 aromatic heterocycles. The summed E-state index contributed by atoms with van der Waals surface area (Å²) in [5.74, 6) is 0.463. The second kappa shape index (κ2) is 7.53. The fourth-order valence-electron chi connectivity index (χ4n) is 1.47. The molecule has 1 rings (SSSR count). The first kappa shape index (κ1) is 16.0. The van der Waals surface area contributed by atoms with Gasteiger partial charge in [-0.2, -0.15) is 0 Å². The van der Waals surface area contributed by atoms with Crippen LogP contribution in [0.2, 0.25) is 0 Å². The van der Waals surface area contributed by atoms with Crippen LogP contribution in [-0.2, 0) is 4.79 Å². The van der Waals surface area contributed by atoms with Gasteiger partial charge in [-0.25, -0.2) is 0 Å². The highest BCUT2D eigenvalue weighted by Crippen LogP contribution is 2.07. The first-order valence-electron chi connectivity index (χ1n) is 6.80. The van der Waals surface area contributed by atoms with Gasteiger partial charge in [0.2, 0.25) is 5.91 Å². The molecule has 0 radical (unpaired) electrons. The lowest BCUT2D eigenvalue weighted by Crippen LogP contribution is -2.39. The summed E-state index contributed by atoms with van der Waals surface area (Å²) in [5, 5.41) is 5.39. The first-order chi connectivity index (χ1) is 9.40. The lowest BCUT2D eigenvalue weighted by molar-refractivity contribution is -0.120. The standard InChI is InChI=1S/C15H23N3O2/c1-10(2)11(3)8-17-14(19)9-18-15(20)12-4-6-13(16)7-5-12/h4-7,10-11H,8-9,16H2,1-3H3,(H,17,19)(H,18,20). The second-order valence-corrected chi connectivity index (χ2v) is 5.33. The van der Waals surface area contributed by atoms with Gasteiger partial charge in [0.05, 0.1) is 6.54 Å². The highest BCUT2D eigenvalue weighted by Gasteiger charge is 2.10. The Bertz CT molecular complexity index is 455. The lowest BCUT2D eigenvalue weighted by Gasteiger charge is -2.16. The van der Waals surface area contributed by atoms with Crippen molar-refractivity contribution in [2.75, 3.05) is 18.8 Å². The summed E-state index contributed by atoms with van der Waals surface area (Å²) in [6.45, 7) is 6.90. The number of nitrogen functional groups attached to an aromatic ring is 1. The summed E-state index contributed by atoms with van der Waals surface area (Å²) in [5.41, 5.74) is 6.63. The molecule has 110 valence electrons. The topological polar surface area (TPSA) is 84.2 Å². The zero-order valence-electron chi connectivity index (χ0n) is 12.3. The number of rotatable bonds is 6. The zero-order valence-corrected chi connectivity index (χ0v) is 12.3. The van der Waals surface area contributed by atoms with E-state index in [4.69, 9.17) is 5.73 Å². The zero-order chi connectivity index (χ0) is 15.1. The summed E-state index contributed by atoms with van der Waals surface area (Å²) in [6, 6.07) is 6.56. The Kier molecular flexibility index (Phi) is 6.03. The molecule has 0 saturated carbocycles. The summed E-state index contributed by atoms with van der Waals surface area (Å²) in [7, 11) is 0. The third-order valence-electron chi connectivity index (χ3n) is 3.34. The summed E-state index contributed by atoms with van der Waals surface area (Å²) < 4.78 is 0. The van der Waals surface area contributed by atoms with Crippen molar-refractivity contribution in [3.05, 3.63) is 29.8 Å². The van der Waals surface area contributed by atoms with Crippen molar-refractivity contribution in [1.29, 1.82) is 0 Å².